The van der Waals surface area contributed by atoms with Gasteiger partial charge in [-0.15, -0.1) is 0 Å². The minimum Gasteiger partial charge on any atom is -0.469 e. The molecule has 102 valence electrons. The smallest absolute Gasteiger partial charge is 0.185 e. The molecule has 3 nitrogen and oxygen atoms in total. The molecule has 1 heterocycles. The number of aliphatic hydroxyl groups excluding tert-OH is 1. The SMILES string of the molecule is CC1C=CC2CC(O)CCC2C1c1cc(=O)cco1. The fourth-order valence-corrected chi connectivity index (χ4v) is 3.75. The molecule has 1 N–H and O–H groups in total. The Bertz CT molecular complexity index is 531. The lowest BCUT2D eigenvalue weighted by Crippen LogP contribution is -2.35. The van der Waals surface area contributed by atoms with E-state index in [1.165, 1.54) is 12.3 Å². The fraction of sp³-hybridized carbons (Fsp3) is 0.562. The van der Waals surface area contributed by atoms with Gasteiger partial charge in [-0.2, -0.15) is 0 Å². The summed E-state index contributed by atoms with van der Waals surface area (Å²) in [6, 6.07) is 3.08. The van der Waals surface area contributed by atoms with E-state index in [0.29, 0.717) is 17.8 Å². The Morgan fingerprint density at radius 1 is 1.32 bits per heavy atom. The van der Waals surface area contributed by atoms with Crippen LogP contribution in [0.1, 0.15) is 37.9 Å². The molecule has 0 radical (unpaired) electrons. The fourth-order valence-electron chi connectivity index (χ4n) is 3.75. The topological polar surface area (TPSA) is 50.4 Å². The van der Waals surface area contributed by atoms with Gasteiger partial charge in [0.1, 0.15) is 5.76 Å². The van der Waals surface area contributed by atoms with E-state index < -0.39 is 0 Å². The Kier molecular flexibility index (Phi) is 3.31. The van der Waals surface area contributed by atoms with Crippen molar-refractivity contribution in [1.29, 1.82) is 0 Å². The van der Waals surface area contributed by atoms with E-state index in [1.54, 1.807) is 6.07 Å². The van der Waals surface area contributed by atoms with Gasteiger partial charge in [-0.25, -0.2) is 0 Å². The molecule has 5 atom stereocenters. The van der Waals surface area contributed by atoms with Gasteiger partial charge in [-0.05, 0) is 37.0 Å². The molecule has 5 unspecified atom stereocenters. The normalized spacial score (nSPS) is 37.9. The summed E-state index contributed by atoms with van der Waals surface area (Å²) in [5.74, 6) is 2.33. The van der Waals surface area contributed by atoms with E-state index in [2.05, 4.69) is 19.1 Å². The molecule has 2 aliphatic carbocycles. The number of fused-ring (bicyclic) bond motifs is 1. The lowest BCUT2D eigenvalue weighted by atomic mass is 9.64. The van der Waals surface area contributed by atoms with Gasteiger partial charge < -0.3 is 9.52 Å². The minimum absolute atomic E-state index is 0.00963. The molecule has 0 aliphatic heterocycles. The van der Waals surface area contributed by atoms with Gasteiger partial charge in [0, 0.05) is 18.1 Å². The van der Waals surface area contributed by atoms with Crippen LogP contribution < -0.4 is 5.43 Å². The van der Waals surface area contributed by atoms with Crippen molar-refractivity contribution in [2.45, 2.75) is 38.2 Å². The lowest BCUT2D eigenvalue weighted by Gasteiger charge is -2.42. The standard InChI is InChI=1S/C16H20O3/c1-10-2-3-11-8-12(17)4-5-14(11)16(10)15-9-13(18)6-7-19-15/h2-3,6-7,9-12,14,16-17H,4-5,8H2,1H3. The molecule has 1 aromatic rings. The predicted octanol–water partition coefficient (Wildman–Crippen LogP) is 2.71. The molecular weight excluding hydrogens is 240 g/mol. The van der Waals surface area contributed by atoms with E-state index in [9.17, 15) is 9.90 Å². The highest BCUT2D eigenvalue weighted by Crippen LogP contribution is 2.47. The van der Waals surface area contributed by atoms with Crippen LogP contribution in [0, 0.1) is 17.8 Å². The number of rotatable bonds is 1. The molecule has 0 saturated heterocycles. The first-order valence-electron chi connectivity index (χ1n) is 7.10. The minimum atomic E-state index is -0.178. The van der Waals surface area contributed by atoms with Crippen LogP contribution in [0.3, 0.4) is 0 Å². The van der Waals surface area contributed by atoms with E-state index in [-0.39, 0.29) is 17.5 Å². The van der Waals surface area contributed by atoms with Crippen molar-refractivity contribution in [3.63, 3.8) is 0 Å². The Morgan fingerprint density at radius 2 is 2.16 bits per heavy atom. The summed E-state index contributed by atoms with van der Waals surface area (Å²) in [4.78, 5) is 11.5. The van der Waals surface area contributed by atoms with Crippen molar-refractivity contribution in [1.82, 2.24) is 0 Å². The van der Waals surface area contributed by atoms with Crippen molar-refractivity contribution >= 4 is 0 Å². The molecule has 2 aliphatic rings. The first-order valence-corrected chi connectivity index (χ1v) is 7.10. The van der Waals surface area contributed by atoms with Gasteiger partial charge in [0.15, 0.2) is 5.43 Å². The molecule has 3 rings (SSSR count). The third-order valence-corrected chi connectivity index (χ3v) is 4.67. The molecule has 1 aromatic heterocycles. The van der Waals surface area contributed by atoms with Crippen LogP contribution in [0.2, 0.25) is 0 Å². The highest BCUT2D eigenvalue weighted by molar-refractivity contribution is 5.18. The maximum Gasteiger partial charge on any atom is 0.185 e. The van der Waals surface area contributed by atoms with Crippen LogP contribution in [0.25, 0.3) is 0 Å². The Balaban J connectivity index is 1.95. The molecule has 0 bridgehead atoms. The van der Waals surface area contributed by atoms with Crippen molar-refractivity contribution < 1.29 is 9.52 Å². The van der Waals surface area contributed by atoms with Crippen LogP contribution in [-0.2, 0) is 0 Å². The van der Waals surface area contributed by atoms with E-state index in [0.717, 1.165) is 25.0 Å². The summed E-state index contributed by atoms with van der Waals surface area (Å²) < 4.78 is 5.60. The van der Waals surface area contributed by atoms with Crippen LogP contribution in [-0.4, -0.2) is 11.2 Å². The second-order valence-electron chi connectivity index (χ2n) is 5.93. The Hall–Kier alpha value is -1.35. The Morgan fingerprint density at radius 3 is 2.95 bits per heavy atom. The number of hydrogen-bond donors (Lipinski definition) is 1. The zero-order chi connectivity index (χ0) is 13.4. The highest BCUT2D eigenvalue weighted by atomic mass is 16.3. The first kappa shape index (κ1) is 12.7. The van der Waals surface area contributed by atoms with Crippen LogP contribution in [0.4, 0.5) is 0 Å². The second kappa shape index (κ2) is 4.97. The van der Waals surface area contributed by atoms with Crippen molar-refractivity contribution in [2.24, 2.45) is 17.8 Å². The van der Waals surface area contributed by atoms with Gasteiger partial charge >= 0.3 is 0 Å². The van der Waals surface area contributed by atoms with Gasteiger partial charge in [0.25, 0.3) is 0 Å². The summed E-state index contributed by atoms with van der Waals surface area (Å²) in [5, 5.41) is 9.81. The number of hydrogen-bond acceptors (Lipinski definition) is 3. The molecule has 1 saturated carbocycles. The number of allylic oxidation sites excluding steroid dienone is 2. The molecule has 1 fully saturated rings. The predicted molar refractivity (Wildman–Crippen MR) is 72.9 cm³/mol. The van der Waals surface area contributed by atoms with E-state index >= 15 is 0 Å². The Labute approximate surface area is 113 Å². The van der Waals surface area contributed by atoms with Crippen molar-refractivity contribution in [3.05, 3.63) is 46.5 Å². The largest absolute Gasteiger partial charge is 0.469 e. The second-order valence-corrected chi connectivity index (χ2v) is 5.93. The monoisotopic (exact) mass is 260 g/mol. The number of aliphatic hydroxyl groups is 1. The summed E-state index contributed by atoms with van der Waals surface area (Å²) in [6.07, 6.45) is 8.46. The van der Waals surface area contributed by atoms with E-state index in [4.69, 9.17) is 4.42 Å². The average Bonchev–Trinajstić information content (AvgIpc) is 2.39. The van der Waals surface area contributed by atoms with Gasteiger partial charge in [-0.3, -0.25) is 4.79 Å². The van der Waals surface area contributed by atoms with Crippen LogP contribution in [0.15, 0.2) is 39.8 Å². The summed E-state index contributed by atoms with van der Waals surface area (Å²) in [7, 11) is 0. The van der Waals surface area contributed by atoms with Crippen LogP contribution >= 0.6 is 0 Å². The van der Waals surface area contributed by atoms with Crippen LogP contribution in [0.5, 0.6) is 0 Å². The molecule has 0 amide bonds. The molecular formula is C16H20O3. The highest BCUT2D eigenvalue weighted by Gasteiger charge is 2.40. The average molecular weight is 260 g/mol. The zero-order valence-corrected chi connectivity index (χ0v) is 11.2. The summed E-state index contributed by atoms with van der Waals surface area (Å²) in [6.45, 7) is 2.18. The maximum absolute atomic E-state index is 11.5. The lowest BCUT2D eigenvalue weighted by molar-refractivity contribution is 0.0620. The third kappa shape index (κ3) is 2.39. The molecule has 0 aromatic carbocycles. The third-order valence-electron chi connectivity index (χ3n) is 4.67. The quantitative estimate of drug-likeness (QED) is 0.790. The zero-order valence-electron chi connectivity index (χ0n) is 11.2. The van der Waals surface area contributed by atoms with E-state index in [1.807, 2.05) is 0 Å². The van der Waals surface area contributed by atoms with Crippen molar-refractivity contribution in [3.8, 4) is 0 Å². The molecule has 19 heavy (non-hydrogen) atoms. The summed E-state index contributed by atoms with van der Waals surface area (Å²) >= 11 is 0. The van der Waals surface area contributed by atoms with Gasteiger partial charge in [0.2, 0.25) is 0 Å². The summed E-state index contributed by atoms with van der Waals surface area (Å²) in [5.41, 5.74) is 0.00963. The first-order chi connectivity index (χ1) is 9.15. The molecule has 3 heteroatoms. The maximum atomic E-state index is 11.5. The van der Waals surface area contributed by atoms with Gasteiger partial charge in [-0.1, -0.05) is 19.1 Å². The van der Waals surface area contributed by atoms with Crippen molar-refractivity contribution in [2.75, 3.05) is 0 Å². The van der Waals surface area contributed by atoms with Gasteiger partial charge in [0.05, 0.1) is 12.4 Å². The molecule has 0 spiro atoms.